The minimum absolute atomic E-state index is 0.137. The van der Waals surface area contributed by atoms with Gasteiger partial charge in [-0.05, 0) is 50.2 Å². The van der Waals surface area contributed by atoms with Gasteiger partial charge in [0.15, 0.2) is 16.9 Å². The van der Waals surface area contributed by atoms with E-state index in [1.807, 2.05) is 115 Å². The summed E-state index contributed by atoms with van der Waals surface area (Å²) < 4.78 is 7.95. The van der Waals surface area contributed by atoms with Crippen molar-refractivity contribution < 1.29 is 28.8 Å². The predicted octanol–water partition coefficient (Wildman–Crippen LogP) is 7.19. The van der Waals surface area contributed by atoms with Crippen LogP contribution in [-0.4, -0.2) is 107 Å². The number of hydrogen-bond donors (Lipinski definition) is 2. The number of thioether (sulfide) groups is 2. The van der Waals surface area contributed by atoms with Crippen molar-refractivity contribution >= 4 is 69.4 Å². The first-order chi connectivity index (χ1) is 35.2. The second-order valence-corrected chi connectivity index (χ2v) is 20.2. The normalized spacial score (nSPS) is 17.9. The number of benzene rings is 5. The number of nitrogens with one attached hydrogen (secondary N) is 2. The van der Waals surface area contributed by atoms with E-state index in [2.05, 4.69) is 67.7 Å². The first-order valence-corrected chi connectivity index (χ1v) is 26.1. The zero-order valence-corrected chi connectivity index (χ0v) is 41.6. The van der Waals surface area contributed by atoms with Gasteiger partial charge >= 0.3 is 5.97 Å². The zero-order valence-electron chi connectivity index (χ0n) is 39.1. The van der Waals surface area contributed by atoms with E-state index in [1.54, 1.807) is 29.1 Å². The fourth-order valence-electron chi connectivity index (χ4n) is 9.02. The largest absolute Gasteiger partial charge is 0.448 e. The van der Waals surface area contributed by atoms with E-state index < -0.39 is 46.9 Å². The Morgan fingerprint density at radius 1 is 0.819 bits per heavy atom. The third-order valence-corrected chi connectivity index (χ3v) is 15.8. The Hall–Kier alpha value is -7.61. The van der Waals surface area contributed by atoms with Crippen LogP contribution >= 0.6 is 34.9 Å². The highest BCUT2D eigenvalue weighted by molar-refractivity contribution is 8.00. The molecule has 7 aromatic rings. The van der Waals surface area contributed by atoms with E-state index in [4.69, 9.17) is 14.6 Å². The fourth-order valence-corrected chi connectivity index (χ4v) is 12.0. The van der Waals surface area contributed by atoms with Crippen LogP contribution in [0.15, 0.2) is 179 Å². The molecule has 3 aliphatic rings. The topological polar surface area (TPSA) is 186 Å². The number of fused-ring (bicyclic) bond motifs is 1. The molecule has 0 spiro atoms. The Balaban J connectivity index is 0.951. The number of aryl methyl sites for hydroxylation is 1. The number of ether oxygens (including phenoxy) is 1. The summed E-state index contributed by atoms with van der Waals surface area (Å²) in [5.41, 5.74) is 4.25. The molecule has 0 radical (unpaired) electrons. The summed E-state index contributed by atoms with van der Waals surface area (Å²) in [7, 11) is 3.43. The first-order valence-electron chi connectivity index (χ1n) is 23.2. The number of anilines is 1. The molecule has 3 amide bonds. The summed E-state index contributed by atoms with van der Waals surface area (Å²) in [5, 5.41) is 24.8. The van der Waals surface area contributed by atoms with E-state index >= 15 is 0 Å². The monoisotopic (exact) mass is 1020 g/mol. The molecule has 3 atom stereocenters. The van der Waals surface area contributed by atoms with E-state index in [-0.39, 0.29) is 23.0 Å². The van der Waals surface area contributed by atoms with Gasteiger partial charge in [-0.2, -0.15) is 0 Å². The number of likely N-dealkylation sites (tertiary alicyclic amines) is 1. The van der Waals surface area contributed by atoms with Crippen LogP contribution in [0.2, 0.25) is 0 Å². The lowest BCUT2D eigenvalue weighted by Crippen LogP contribution is -2.71. The molecular weight excluding hydrogens is 969 g/mol. The molecule has 10 rings (SSSR count). The second kappa shape index (κ2) is 21.4. The van der Waals surface area contributed by atoms with Crippen LogP contribution in [0.5, 0.6) is 0 Å². The number of nitrogens with zero attached hydrogens (tertiary/aromatic N) is 8. The molecule has 1 unspecified atom stereocenters. The maximum absolute atomic E-state index is 14.7. The van der Waals surface area contributed by atoms with Gasteiger partial charge in [0.05, 0.1) is 0 Å². The van der Waals surface area contributed by atoms with Gasteiger partial charge in [-0.15, -0.1) is 28.2 Å². The minimum Gasteiger partial charge on any atom is -0.448 e. The van der Waals surface area contributed by atoms with E-state index in [0.29, 0.717) is 46.8 Å². The highest BCUT2D eigenvalue weighted by Gasteiger charge is 2.55. The Labute approximate surface area is 427 Å². The minimum atomic E-state index is -1.06. The van der Waals surface area contributed by atoms with Crippen molar-refractivity contribution in [3.63, 3.8) is 0 Å². The number of carbonyl (C=O) groups excluding carboxylic acids is 4. The van der Waals surface area contributed by atoms with Gasteiger partial charge in [0.2, 0.25) is 11.3 Å². The lowest BCUT2D eigenvalue weighted by Gasteiger charge is -2.50. The fraction of sp³-hybridized carbons (Fsp3) is 0.226. The molecule has 19 heteroatoms. The molecule has 2 aromatic heterocycles. The highest BCUT2D eigenvalue weighted by atomic mass is 32.2. The molecule has 72 heavy (non-hydrogen) atoms. The van der Waals surface area contributed by atoms with Crippen molar-refractivity contribution in [2.24, 2.45) is 12.2 Å². The number of aromatic nitrogens is 5. The first kappa shape index (κ1) is 48.0. The number of tetrazole rings is 1. The average Bonchev–Trinajstić information content (AvgIpc) is 4.16. The smallest absolute Gasteiger partial charge is 0.356 e. The van der Waals surface area contributed by atoms with Crippen LogP contribution in [0, 0.1) is 0 Å². The third kappa shape index (κ3) is 9.74. The van der Waals surface area contributed by atoms with Crippen molar-refractivity contribution in [2.75, 3.05) is 30.4 Å². The predicted molar refractivity (Wildman–Crippen MR) is 276 cm³/mol. The summed E-state index contributed by atoms with van der Waals surface area (Å²) in [6, 6.07) is 47.9. The van der Waals surface area contributed by atoms with Gasteiger partial charge in [-0.3, -0.25) is 19.3 Å². The maximum atomic E-state index is 14.7. The SMILES string of the molecule is CN1CCC(O/N=C(\C(=O)N[C@@H]2C(=O)N3C(C(=O)OC(c4ccccc4)c4ccccc4)=C(CCSc4nnnn4C)CS[C@@H]23)c2csc(NC(c3ccccc3)(c3ccccc3)c3ccccc3)n2)C1=O. The Morgan fingerprint density at radius 3 is 1.94 bits per heavy atom. The molecular formula is C53H48N10O6S3. The van der Waals surface area contributed by atoms with Gasteiger partial charge < -0.3 is 25.1 Å². The highest BCUT2D eigenvalue weighted by Crippen LogP contribution is 2.44. The molecule has 3 aliphatic heterocycles. The number of β-lactam (4-membered cyclic amide) rings is 1. The van der Waals surface area contributed by atoms with Crippen LogP contribution in [-0.2, 0) is 41.3 Å². The summed E-state index contributed by atoms with van der Waals surface area (Å²) >= 11 is 4.13. The number of likely N-dealkylation sites (N-methyl/N-ethyl adjacent to an activating group) is 1. The number of rotatable bonds is 18. The number of esters is 1. The van der Waals surface area contributed by atoms with Crippen LogP contribution in [0.4, 0.5) is 5.13 Å². The Kier molecular flexibility index (Phi) is 14.3. The van der Waals surface area contributed by atoms with E-state index in [9.17, 15) is 19.2 Å². The molecule has 364 valence electrons. The van der Waals surface area contributed by atoms with Gasteiger partial charge in [0, 0.05) is 43.9 Å². The van der Waals surface area contributed by atoms with Gasteiger partial charge in [-0.1, -0.05) is 169 Å². The summed E-state index contributed by atoms with van der Waals surface area (Å²) in [4.78, 5) is 70.8. The maximum Gasteiger partial charge on any atom is 0.356 e. The van der Waals surface area contributed by atoms with Crippen molar-refractivity contribution in [3.8, 4) is 0 Å². The lowest BCUT2D eigenvalue weighted by atomic mass is 9.77. The average molecular weight is 1020 g/mol. The number of carbonyl (C=O) groups is 4. The number of amides is 3. The van der Waals surface area contributed by atoms with Crippen molar-refractivity contribution in [1.82, 2.24) is 40.3 Å². The van der Waals surface area contributed by atoms with Crippen LogP contribution in [0.1, 0.15) is 52.5 Å². The van der Waals surface area contributed by atoms with Crippen molar-refractivity contribution in [3.05, 3.63) is 202 Å². The molecule has 5 heterocycles. The standard InChI is InChI=1S/C53H48N10O6S3/c1-61-30-28-41(47(61)65)69-58-42(40-33-72-51(54-40)56-53(37-22-12-5-13-23-37,38-24-14-6-15-25-38)39-26-16-7-17-27-39)46(64)55-43-48(66)63-44(36(32-71-49(43)63)29-31-70-52-57-59-60-62(52)2)50(67)68-45(34-18-8-3-9-19-34)35-20-10-4-11-21-35/h3-27,33,41,43,45,49H,28-32H2,1-2H3,(H,54,56)(H,55,64)/b58-42-/t41?,43-,49+/m1/s1. The number of thiazole rings is 1. The Bertz CT molecular complexity index is 2990. The lowest BCUT2D eigenvalue weighted by molar-refractivity contribution is -0.154. The number of hydrogen-bond acceptors (Lipinski definition) is 15. The molecule has 2 fully saturated rings. The summed E-state index contributed by atoms with van der Waals surface area (Å²) in [5.74, 6) is -1.29. The Morgan fingerprint density at radius 2 is 1.40 bits per heavy atom. The van der Waals surface area contributed by atoms with Crippen molar-refractivity contribution in [1.29, 1.82) is 0 Å². The molecule has 0 aliphatic carbocycles. The third-order valence-electron chi connectivity index (χ3n) is 12.7. The molecule has 2 N–H and O–H groups in total. The zero-order chi connectivity index (χ0) is 49.6. The summed E-state index contributed by atoms with van der Waals surface area (Å²) in [6.45, 7) is 0.463. The molecule has 0 saturated carbocycles. The van der Waals surface area contributed by atoms with Crippen molar-refractivity contribution in [2.45, 2.75) is 47.2 Å². The van der Waals surface area contributed by atoms with E-state index in [0.717, 1.165) is 27.8 Å². The molecule has 16 nitrogen and oxygen atoms in total. The van der Waals surface area contributed by atoms with E-state index in [1.165, 1.54) is 39.8 Å². The molecule has 0 bridgehead atoms. The number of oxime groups is 1. The molecule has 5 aromatic carbocycles. The van der Waals surface area contributed by atoms with Gasteiger partial charge in [0.25, 0.3) is 17.7 Å². The van der Waals surface area contributed by atoms with Gasteiger partial charge in [-0.25, -0.2) is 14.5 Å². The second-order valence-electron chi connectivity index (χ2n) is 17.2. The molecule has 2 saturated heterocycles. The van der Waals surface area contributed by atoms with Crippen LogP contribution in [0.25, 0.3) is 0 Å². The van der Waals surface area contributed by atoms with Gasteiger partial charge in [0.1, 0.15) is 28.3 Å². The quantitative estimate of drug-likeness (QED) is 0.0220. The van der Waals surface area contributed by atoms with Crippen LogP contribution in [0.3, 0.4) is 0 Å². The summed E-state index contributed by atoms with van der Waals surface area (Å²) in [6.07, 6.45) is -0.889. The van der Waals surface area contributed by atoms with Crippen LogP contribution < -0.4 is 10.6 Å².